The van der Waals surface area contributed by atoms with Crippen molar-refractivity contribution in [2.24, 2.45) is 0 Å². The van der Waals surface area contributed by atoms with Gasteiger partial charge in [-0.15, -0.1) is 0 Å². The van der Waals surface area contributed by atoms with E-state index in [4.69, 9.17) is 9.84 Å². The highest BCUT2D eigenvalue weighted by Gasteiger charge is 2.20. The lowest BCUT2D eigenvalue weighted by Gasteiger charge is -2.31. The van der Waals surface area contributed by atoms with Gasteiger partial charge in [0.1, 0.15) is 19.0 Å². The lowest BCUT2D eigenvalue weighted by atomic mass is 10.2. The van der Waals surface area contributed by atoms with Gasteiger partial charge >= 0.3 is 0 Å². The number of aliphatic hydroxyl groups excluding tert-OH is 1. The first-order chi connectivity index (χ1) is 10.2. The largest absolute Gasteiger partial charge is 0.492 e. The van der Waals surface area contributed by atoms with Crippen LogP contribution in [0.5, 0.6) is 5.75 Å². The number of nitrogens with zero attached hydrogens (tertiary/aromatic N) is 2. The minimum atomic E-state index is -0.137. The Hall–Kier alpha value is -2.03. The average molecular weight is 288 g/mol. The van der Waals surface area contributed by atoms with E-state index in [-0.39, 0.29) is 12.5 Å². The summed E-state index contributed by atoms with van der Waals surface area (Å²) in [5.41, 5.74) is 0.848. The molecule has 1 amide bonds. The van der Waals surface area contributed by atoms with Crippen LogP contribution in [-0.2, 0) is 4.79 Å². The quantitative estimate of drug-likeness (QED) is 0.803. The third-order valence-corrected chi connectivity index (χ3v) is 3.38. The Morgan fingerprint density at radius 3 is 2.71 bits per heavy atom. The van der Waals surface area contributed by atoms with E-state index < -0.39 is 0 Å². The van der Waals surface area contributed by atoms with Gasteiger partial charge in [-0.3, -0.25) is 9.69 Å². The first kappa shape index (κ1) is 15.4. The van der Waals surface area contributed by atoms with Gasteiger partial charge in [-0.2, -0.15) is 0 Å². The Balaban J connectivity index is 1.75. The highest BCUT2D eigenvalue weighted by Crippen LogP contribution is 2.11. The van der Waals surface area contributed by atoms with Crippen LogP contribution >= 0.6 is 0 Å². The van der Waals surface area contributed by atoms with Crippen molar-refractivity contribution in [1.82, 2.24) is 9.80 Å². The maximum absolute atomic E-state index is 11.6. The molecule has 21 heavy (non-hydrogen) atoms. The maximum atomic E-state index is 11.6. The van der Waals surface area contributed by atoms with Crippen molar-refractivity contribution in [1.29, 1.82) is 0 Å². The van der Waals surface area contributed by atoms with Gasteiger partial charge in [-0.1, -0.05) is 11.8 Å². The first-order valence-corrected chi connectivity index (χ1v) is 6.98. The van der Waals surface area contributed by atoms with E-state index in [9.17, 15) is 4.79 Å². The number of ether oxygens (including phenoxy) is 1. The highest BCUT2D eigenvalue weighted by atomic mass is 16.5. The van der Waals surface area contributed by atoms with Gasteiger partial charge in [-0.05, 0) is 24.3 Å². The van der Waals surface area contributed by atoms with Crippen LogP contribution in [0.1, 0.15) is 5.56 Å². The number of carbonyl (C=O) groups excluding carboxylic acids is 1. The number of hydrogen-bond donors (Lipinski definition) is 1. The summed E-state index contributed by atoms with van der Waals surface area (Å²) >= 11 is 0. The van der Waals surface area contributed by atoms with Crippen LogP contribution in [0.15, 0.2) is 24.3 Å². The van der Waals surface area contributed by atoms with Crippen LogP contribution in [0.3, 0.4) is 0 Å². The van der Waals surface area contributed by atoms with E-state index in [0.29, 0.717) is 13.2 Å². The fraction of sp³-hybridized carbons (Fsp3) is 0.438. The van der Waals surface area contributed by atoms with Gasteiger partial charge in [0.15, 0.2) is 0 Å². The first-order valence-electron chi connectivity index (χ1n) is 6.98. The van der Waals surface area contributed by atoms with Crippen LogP contribution in [0.2, 0.25) is 0 Å². The zero-order valence-corrected chi connectivity index (χ0v) is 12.2. The Morgan fingerprint density at radius 2 is 2.05 bits per heavy atom. The van der Waals surface area contributed by atoms with Crippen LogP contribution < -0.4 is 4.74 Å². The summed E-state index contributed by atoms with van der Waals surface area (Å²) in [5, 5.41) is 8.63. The lowest BCUT2D eigenvalue weighted by molar-refractivity contribution is -0.134. The van der Waals surface area contributed by atoms with Crippen molar-refractivity contribution in [3.8, 4) is 17.6 Å². The van der Waals surface area contributed by atoms with Crippen LogP contribution in [0.25, 0.3) is 0 Å². The minimum Gasteiger partial charge on any atom is -0.492 e. The van der Waals surface area contributed by atoms with Gasteiger partial charge in [0.25, 0.3) is 0 Å². The molecule has 1 aliphatic rings. The zero-order chi connectivity index (χ0) is 15.1. The predicted molar refractivity (Wildman–Crippen MR) is 80.0 cm³/mol. The Kier molecular flexibility index (Phi) is 5.61. The van der Waals surface area contributed by atoms with Crippen molar-refractivity contribution in [2.75, 3.05) is 46.4 Å². The summed E-state index contributed by atoms with van der Waals surface area (Å²) in [6.07, 6.45) is 0. The fourth-order valence-corrected chi connectivity index (χ4v) is 2.07. The summed E-state index contributed by atoms with van der Waals surface area (Å²) < 4.78 is 5.67. The Morgan fingerprint density at radius 1 is 1.29 bits per heavy atom. The van der Waals surface area contributed by atoms with Crippen molar-refractivity contribution >= 4 is 5.91 Å². The molecule has 1 aromatic carbocycles. The summed E-state index contributed by atoms with van der Waals surface area (Å²) in [7, 11) is 1.83. The molecule has 5 heteroatoms. The van der Waals surface area contributed by atoms with Gasteiger partial charge in [0.05, 0.1) is 6.54 Å². The molecular weight excluding hydrogens is 268 g/mol. The van der Waals surface area contributed by atoms with E-state index in [1.54, 1.807) is 4.90 Å². The van der Waals surface area contributed by atoms with E-state index in [2.05, 4.69) is 16.7 Å². The monoisotopic (exact) mass is 288 g/mol. The summed E-state index contributed by atoms with van der Waals surface area (Å²) in [5.74, 6) is 6.38. The predicted octanol–water partition coefficient (Wildman–Crippen LogP) is 0.183. The van der Waals surface area contributed by atoms with Gasteiger partial charge in [0.2, 0.25) is 5.91 Å². The molecule has 112 valence electrons. The second kappa shape index (κ2) is 7.67. The summed E-state index contributed by atoms with van der Waals surface area (Å²) in [6.45, 7) is 3.29. The number of hydrogen-bond acceptors (Lipinski definition) is 4. The number of benzene rings is 1. The van der Waals surface area contributed by atoms with Crippen LogP contribution in [0.4, 0.5) is 0 Å². The van der Waals surface area contributed by atoms with Crippen molar-refractivity contribution in [3.05, 3.63) is 29.8 Å². The van der Waals surface area contributed by atoms with Crippen molar-refractivity contribution < 1.29 is 14.6 Å². The molecule has 0 saturated carbocycles. The summed E-state index contributed by atoms with van der Waals surface area (Å²) in [6, 6.07) is 7.43. The molecule has 0 aliphatic carbocycles. The second-order valence-corrected chi connectivity index (χ2v) is 4.92. The van der Waals surface area contributed by atoms with Gasteiger partial charge < -0.3 is 14.7 Å². The summed E-state index contributed by atoms with van der Waals surface area (Å²) in [4.78, 5) is 15.4. The molecule has 1 heterocycles. The Bertz CT molecular complexity index is 531. The molecule has 0 aromatic heterocycles. The lowest BCUT2D eigenvalue weighted by Crippen LogP contribution is -2.49. The highest BCUT2D eigenvalue weighted by molar-refractivity contribution is 5.78. The van der Waals surface area contributed by atoms with Gasteiger partial charge in [-0.25, -0.2) is 0 Å². The standard InChI is InChI=1S/C16H20N2O3/c1-17-8-9-18(13-16(17)20)10-12-21-15-6-4-14(5-7-15)3-2-11-19/h4-7,19H,8-13H2,1H3. The molecule has 0 radical (unpaired) electrons. The SMILES string of the molecule is CN1CCN(CCOc2ccc(C#CCO)cc2)CC1=O. The molecule has 0 spiro atoms. The minimum absolute atomic E-state index is 0.137. The molecule has 2 rings (SSSR count). The number of aliphatic hydroxyl groups is 1. The zero-order valence-electron chi connectivity index (χ0n) is 12.2. The van der Waals surface area contributed by atoms with E-state index >= 15 is 0 Å². The van der Waals surface area contributed by atoms with Crippen LogP contribution in [0, 0.1) is 11.8 Å². The van der Waals surface area contributed by atoms with Crippen LogP contribution in [-0.4, -0.2) is 67.3 Å². The average Bonchev–Trinajstić information content (AvgIpc) is 2.50. The maximum Gasteiger partial charge on any atom is 0.236 e. The number of likely N-dealkylation sites (N-methyl/N-ethyl adjacent to an activating group) is 1. The fourth-order valence-electron chi connectivity index (χ4n) is 2.07. The molecular formula is C16H20N2O3. The van der Waals surface area contributed by atoms with E-state index in [1.807, 2.05) is 31.3 Å². The normalized spacial score (nSPS) is 15.5. The third kappa shape index (κ3) is 4.78. The topological polar surface area (TPSA) is 53.0 Å². The van der Waals surface area contributed by atoms with E-state index in [0.717, 1.165) is 30.9 Å². The van der Waals surface area contributed by atoms with Gasteiger partial charge in [0, 0.05) is 32.2 Å². The molecule has 1 N–H and O–H groups in total. The molecule has 1 aromatic rings. The molecule has 0 bridgehead atoms. The number of amides is 1. The van der Waals surface area contributed by atoms with Crippen molar-refractivity contribution in [3.63, 3.8) is 0 Å². The molecule has 0 atom stereocenters. The number of piperazine rings is 1. The number of rotatable bonds is 4. The van der Waals surface area contributed by atoms with Crippen molar-refractivity contribution in [2.45, 2.75) is 0 Å². The second-order valence-electron chi connectivity index (χ2n) is 4.92. The molecule has 1 saturated heterocycles. The molecule has 0 unspecified atom stereocenters. The molecule has 1 fully saturated rings. The smallest absolute Gasteiger partial charge is 0.236 e. The van der Waals surface area contributed by atoms with E-state index in [1.165, 1.54) is 0 Å². The number of carbonyl (C=O) groups is 1. The molecule has 1 aliphatic heterocycles. The Labute approximate surface area is 125 Å². The third-order valence-electron chi connectivity index (χ3n) is 3.38. The molecule has 5 nitrogen and oxygen atoms in total.